The summed E-state index contributed by atoms with van der Waals surface area (Å²) in [6, 6.07) is 10.4. The first-order chi connectivity index (χ1) is 14.4. The Balaban J connectivity index is 1.60. The van der Waals surface area contributed by atoms with Crippen molar-refractivity contribution in [2.24, 2.45) is 0 Å². The summed E-state index contributed by atoms with van der Waals surface area (Å²) in [7, 11) is 0. The Morgan fingerprint density at radius 3 is 2.73 bits per heavy atom. The third-order valence-electron chi connectivity index (χ3n) is 4.20. The number of hydrogen-bond donors (Lipinski definition) is 3. The van der Waals surface area contributed by atoms with Crippen LogP contribution in [0.2, 0.25) is 10.0 Å². The average Bonchev–Trinajstić information content (AvgIpc) is 3.15. The number of aromatic nitrogens is 4. The topological polar surface area (TPSA) is 122 Å². The van der Waals surface area contributed by atoms with Gasteiger partial charge in [0.25, 0.3) is 5.56 Å². The number of H-pyrrole nitrogens is 1. The van der Waals surface area contributed by atoms with Crippen molar-refractivity contribution in [1.29, 1.82) is 0 Å². The van der Waals surface area contributed by atoms with Crippen molar-refractivity contribution in [1.82, 2.24) is 19.7 Å². The van der Waals surface area contributed by atoms with Gasteiger partial charge in [0.15, 0.2) is 5.75 Å². The number of ether oxygens (including phenoxy) is 1. The van der Waals surface area contributed by atoms with E-state index in [9.17, 15) is 9.59 Å². The van der Waals surface area contributed by atoms with Gasteiger partial charge in [-0.05, 0) is 30.3 Å². The van der Waals surface area contributed by atoms with Crippen LogP contribution in [0.5, 0.6) is 5.75 Å². The maximum absolute atomic E-state index is 12.6. The standard InChI is InChI=1S/C19H13Cl2N5O4/c20-14-2-1-3-15(21)13(14)8-22-10-4-5-16-12(6-10)17(27)25-18(24-16)26-9-11(7-23-26)30-19(28)29/h1-7,9,22H,8H2,(H,28,29)(H,24,25,27). The third-order valence-corrected chi connectivity index (χ3v) is 4.91. The van der Waals surface area contributed by atoms with Gasteiger partial charge >= 0.3 is 6.16 Å². The summed E-state index contributed by atoms with van der Waals surface area (Å²) in [6.45, 7) is 0.382. The molecule has 11 heteroatoms. The summed E-state index contributed by atoms with van der Waals surface area (Å²) >= 11 is 12.4. The second-order valence-electron chi connectivity index (χ2n) is 6.16. The molecule has 0 aliphatic heterocycles. The SMILES string of the molecule is O=C(O)Oc1cnn(-c2nc3ccc(NCc4c(Cl)cccc4Cl)cc3c(=O)[nH]2)c1. The first kappa shape index (κ1) is 19.7. The molecule has 4 aromatic rings. The molecule has 2 heterocycles. The fraction of sp³-hybridized carbons (Fsp3) is 0.0526. The summed E-state index contributed by atoms with van der Waals surface area (Å²) < 4.78 is 5.73. The molecule has 152 valence electrons. The summed E-state index contributed by atoms with van der Waals surface area (Å²) in [4.78, 5) is 30.1. The first-order valence-electron chi connectivity index (χ1n) is 8.57. The Kier molecular flexibility index (Phi) is 5.30. The van der Waals surface area contributed by atoms with E-state index in [0.717, 1.165) is 5.56 Å². The van der Waals surface area contributed by atoms with Gasteiger partial charge in [0.2, 0.25) is 5.95 Å². The molecule has 0 amide bonds. The Morgan fingerprint density at radius 2 is 2.00 bits per heavy atom. The van der Waals surface area contributed by atoms with Crippen LogP contribution in [0.4, 0.5) is 10.5 Å². The number of hydrogen-bond acceptors (Lipinski definition) is 6. The highest BCUT2D eigenvalue weighted by molar-refractivity contribution is 6.36. The van der Waals surface area contributed by atoms with Crippen LogP contribution in [0.3, 0.4) is 0 Å². The third kappa shape index (κ3) is 4.07. The van der Waals surface area contributed by atoms with E-state index in [2.05, 4.69) is 25.1 Å². The molecule has 2 aromatic heterocycles. The van der Waals surface area contributed by atoms with E-state index >= 15 is 0 Å². The van der Waals surface area contributed by atoms with Crippen LogP contribution in [0.1, 0.15) is 5.56 Å². The lowest BCUT2D eigenvalue weighted by molar-refractivity contribution is 0.144. The lowest BCUT2D eigenvalue weighted by Gasteiger charge is -2.10. The molecule has 0 aliphatic rings. The van der Waals surface area contributed by atoms with Crippen LogP contribution in [0, 0.1) is 0 Å². The molecule has 0 radical (unpaired) electrons. The number of anilines is 1. The smallest absolute Gasteiger partial charge is 0.449 e. The molecule has 9 nitrogen and oxygen atoms in total. The molecular weight excluding hydrogens is 433 g/mol. The Labute approximate surface area is 178 Å². The monoisotopic (exact) mass is 445 g/mol. The van der Waals surface area contributed by atoms with E-state index in [1.54, 1.807) is 36.4 Å². The maximum Gasteiger partial charge on any atom is 0.511 e. The van der Waals surface area contributed by atoms with Crippen molar-refractivity contribution in [3.8, 4) is 11.7 Å². The van der Waals surface area contributed by atoms with Gasteiger partial charge in [0, 0.05) is 27.8 Å². The molecular formula is C19H13Cl2N5O4. The molecule has 4 rings (SSSR count). The number of rotatable bonds is 5. The number of nitrogens with zero attached hydrogens (tertiary/aromatic N) is 3. The van der Waals surface area contributed by atoms with Crippen molar-refractivity contribution >= 4 is 45.9 Å². The van der Waals surface area contributed by atoms with Crippen LogP contribution < -0.4 is 15.6 Å². The van der Waals surface area contributed by atoms with Crippen molar-refractivity contribution in [2.75, 3.05) is 5.32 Å². The molecule has 0 fully saturated rings. The van der Waals surface area contributed by atoms with E-state index in [1.807, 2.05) is 0 Å². The van der Waals surface area contributed by atoms with Gasteiger partial charge in [-0.25, -0.2) is 14.5 Å². The molecule has 2 aromatic carbocycles. The van der Waals surface area contributed by atoms with Gasteiger partial charge in [-0.2, -0.15) is 5.10 Å². The van der Waals surface area contributed by atoms with E-state index in [4.69, 9.17) is 28.3 Å². The number of halogens is 2. The van der Waals surface area contributed by atoms with Crippen LogP contribution in [-0.2, 0) is 6.54 Å². The molecule has 3 N–H and O–H groups in total. The van der Waals surface area contributed by atoms with Gasteiger partial charge in [-0.15, -0.1) is 0 Å². The number of carbonyl (C=O) groups is 1. The van der Waals surface area contributed by atoms with Crippen molar-refractivity contribution in [3.63, 3.8) is 0 Å². The quantitative estimate of drug-likeness (QED) is 0.395. The van der Waals surface area contributed by atoms with Gasteiger partial charge in [0.05, 0.1) is 23.3 Å². The first-order valence-corrected chi connectivity index (χ1v) is 9.33. The Hall–Kier alpha value is -3.56. The van der Waals surface area contributed by atoms with Gasteiger partial charge in [-0.3, -0.25) is 9.78 Å². The zero-order valence-electron chi connectivity index (χ0n) is 15.1. The highest BCUT2D eigenvalue weighted by Gasteiger charge is 2.11. The highest BCUT2D eigenvalue weighted by Crippen LogP contribution is 2.25. The summed E-state index contributed by atoms with van der Waals surface area (Å²) in [5.74, 6) is 0.124. The normalized spacial score (nSPS) is 10.9. The maximum atomic E-state index is 12.6. The van der Waals surface area contributed by atoms with Gasteiger partial charge < -0.3 is 15.2 Å². The number of carboxylic acid groups (broad SMARTS) is 1. The zero-order valence-corrected chi connectivity index (χ0v) is 16.6. The molecule has 30 heavy (non-hydrogen) atoms. The summed E-state index contributed by atoms with van der Waals surface area (Å²) in [6.07, 6.45) is 1.03. The van der Waals surface area contributed by atoms with E-state index in [-0.39, 0.29) is 17.3 Å². The Bertz CT molecular complexity index is 1300. The largest absolute Gasteiger partial charge is 0.511 e. The predicted molar refractivity (Wildman–Crippen MR) is 112 cm³/mol. The minimum Gasteiger partial charge on any atom is -0.449 e. The van der Waals surface area contributed by atoms with Crippen molar-refractivity contribution < 1.29 is 14.6 Å². The highest BCUT2D eigenvalue weighted by atomic mass is 35.5. The van der Waals surface area contributed by atoms with E-state index in [1.165, 1.54) is 17.1 Å². The van der Waals surface area contributed by atoms with Gasteiger partial charge in [-0.1, -0.05) is 29.3 Å². The fourth-order valence-electron chi connectivity index (χ4n) is 2.81. The molecule has 0 aliphatic carbocycles. The number of aromatic amines is 1. The fourth-order valence-corrected chi connectivity index (χ4v) is 3.34. The molecule has 0 unspecified atom stereocenters. The van der Waals surface area contributed by atoms with E-state index in [0.29, 0.717) is 33.2 Å². The summed E-state index contributed by atoms with van der Waals surface area (Å²) in [5.41, 5.74) is 1.49. The molecule has 0 atom stereocenters. The zero-order chi connectivity index (χ0) is 21.3. The number of benzene rings is 2. The minimum atomic E-state index is -1.47. The van der Waals surface area contributed by atoms with Crippen molar-refractivity contribution in [3.05, 3.63) is 74.8 Å². The predicted octanol–water partition coefficient (Wildman–Crippen LogP) is 4.08. The molecule has 0 spiro atoms. The summed E-state index contributed by atoms with van der Waals surface area (Å²) in [5, 5.41) is 17.2. The molecule has 0 saturated carbocycles. The Morgan fingerprint density at radius 1 is 1.23 bits per heavy atom. The molecule has 0 bridgehead atoms. The van der Waals surface area contributed by atoms with Crippen LogP contribution >= 0.6 is 23.2 Å². The lowest BCUT2D eigenvalue weighted by Crippen LogP contribution is -2.14. The minimum absolute atomic E-state index is 0.00280. The van der Waals surface area contributed by atoms with E-state index < -0.39 is 6.16 Å². The lowest BCUT2D eigenvalue weighted by atomic mass is 10.2. The van der Waals surface area contributed by atoms with Crippen molar-refractivity contribution in [2.45, 2.75) is 6.54 Å². The number of fused-ring (bicyclic) bond motifs is 1. The van der Waals surface area contributed by atoms with Crippen LogP contribution in [-0.4, -0.2) is 31.0 Å². The van der Waals surface area contributed by atoms with Gasteiger partial charge in [0.1, 0.15) is 0 Å². The second kappa shape index (κ2) is 8.05. The molecule has 0 saturated heterocycles. The van der Waals surface area contributed by atoms with Crippen LogP contribution in [0.15, 0.2) is 53.6 Å². The van der Waals surface area contributed by atoms with Crippen LogP contribution in [0.25, 0.3) is 16.9 Å². The second-order valence-corrected chi connectivity index (χ2v) is 6.98. The average molecular weight is 446 g/mol. The number of nitrogens with one attached hydrogen (secondary N) is 2.